The molecule has 0 radical (unpaired) electrons. The predicted octanol–water partition coefficient (Wildman–Crippen LogP) is 8.51. The number of aromatic amines is 2. The van der Waals surface area contributed by atoms with E-state index in [1.54, 1.807) is 7.11 Å². The lowest BCUT2D eigenvalue weighted by molar-refractivity contribution is -0.136. The average Bonchev–Trinajstić information content (AvgIpc) is 3.77. The molecule has 1 aliphatic carbocycles. The van der Waals surface area contributed by atoms with Gasteiger partial charge in [0.25, 0.3) is 0 Å². The van der Waals surface area contributed by atoms with E-state index in [-0.39, 0.29) is 41.1 Å². The topological polar surface area (TPSA) is 158 Å². The maximum Gasteiger partial charge on any atom is 0.407 e. The first kappa shape index (κ1) is 41.6. The van der Waals surface area contributed by atoms with Crippen LogP contribution in [-0.4, -0.2) is 87.0 Å². The van der Waals surface area contributed by atoms with Crippen molar-refractivity contribution in [2.45, 2.75) is 90.4 Å². The number of methoxy groups -OCH3 is 2. The molecule has 4 heterocycles. The monoisotopic (exact) mass is 826 g/mol. The van der Waals surface area contributed by atoms with Gasteiger partial charge in [0.15, 0.2) is 5.88 Å². The van der Waals surface area contributed by atoms with Gasteiger partial charge < -0.3 is 39.9 Å². The molecule has 5 aromatic rings. The number of ether oxygens (including phenoxy) is 2. The molecule has 1 unspecified atom stereocenters. The number of H-pyrrole nitrogens is 2. The van der Waals surface area contributed by atoms with Crippen molar-refractivity contribution in [2.24, 2.45) is 17.3 Å². The Morgan fingerprint density at radius 3 is 2.08 bits per heavy atom. The van der Waals surface area contributed by atoms with Crippen molar-refractivity contribution in [1.29, 1.82) is 0 Å². The van der Waals surface area contributed by atoms with Crippen LogP contribution in [0.5, 0.6) is 0 Å². The Bertz CT molecular complexity index is 2420. The molecule has 320 valence electrons. The van der Waals surface area contributed by atoms with Gasteiger partial charge in [-0.2, -0.15) is 0 Å². The molecule has 8 rings (SSSR count). The van der Waals surface area contributed by atoms with Crippen molar-refractivity contribution in [2.75, 3.05) is 27.3 Å². The van der Waals surface area contributed by atoms with Crippen LogP contribution in [0.2, 0.25) is 0 Å². The minimum atomic E-state index is -0.661. The molecule has 61 heavy (non-hydrogen) atoms. The zero-order chi connectivity index (χ0) is 43.0. The minimum Gasteiger partial charge on any atom is -0.483 e. The van der Waals surface area contributed by atoms with Crippen LogP contribution in [0.3, 0.4) is 0 Å². The van der Waals surface area contributed by atoms with E-state index in [9.17, 15) is 14.4 Å². The molecule has 13 heteroatoms. The summed E-state index contributed by atoms with van der Waals surface area (Å²) in [7, 11) is 2.86. The Balaban J connectivity index is 0.964. The number of benzene rings is 3. The lowest BCUT2D eigenvalue weighted by atomic mass is 9.96. The summed E-state index contributed by atoms with van der Waals surface area (Å²) in [5, 5.41) is 8.14. The van der Waals surface area contributed by atoms with Crippen molar-refractivity contribution in [3.63, 3.8) is 0 Å². The fourth-order valence-electron chi connectivity index (χ4n) is 9.36. The SMILES string of the molecule is C=C(NC(C(=O)N1CC2(CC2)C[C@H]1c1ncc(-c2ccc3cc(-c4ccc(-c5cnc([C@@H]6[C@H](CC)CCN6C(=O)[C@H](CC)NC(=O)OC)[nH]5)cc4)ccc3c2)[nH]1)C(C)C)OC. The molecule has 1 saturated carbocycles. The van der Waals surface area contributed by atoms with Crippen molar-refractivity contribution < 1.29 is 23.9 Å². The highest BCUT2D eigenvalue weighted by Gasteiger charge is 2.55. The summed E-state index contributed by atoms with van der Waals surface area (Å²) in [5.74, 6) is 2.20. The first-order valence-corrected chi connectivity index (χ1v) is 21.6. The molecule has 2 aromatic heterocycles. The van der Waals surface area contributed by atoms with Crippen LogP contribution in [0.1, 0.15) is 90.0 Å². The Morgan fingerprint density at radius 1 is 0.820 bits per heavy atom. The van der Waals surface area contributed by atoms with E-state index in [4.69, 9.17) is 19.4 Å². The summed E-state index contributed by atoms with van der Waals surface area (Å²) in [5.41, 5.74) is 6.24. The molecule has 4 N–H and O–H groups in total. The molecule has 3 amide bonds. The lowest BCUT2D eigenvalue weighted by Gasteiger charge is -2.31. The van der Waals surface area contributed by atoms with Crippen molar-refractivity contribution in [3.8, 4) is 33.6 Å². The van der Waals surface area contributed by atoms with Gasteiger partial charge in [0, 0.05) is 18.7 Å². The number of nitrogens with zero attached hydrogens (tertiary/aromatic N) is 4. The predicted molar refractivity (Wildman–Crippen MR) is 236 cm³/mol. The second kappa shape index (κ2) is 17.1. The highest BCUT2D eigenvalue weighted by Crippen LogP contribution is 2.58. The van der Waals surface area contributed by atoms with Gasteiger partial charge in [0.2, 0.25) is 11.8 Å². The van der Waals surface area contributed by atoms with Gasteiger partial charge in [0.1, 0.15) is 23.7 Å². The molecule has 1 spiro atoms. The number of likely N-dealkylation sites (tertiary alicyclic amines) is 2. The van der Waals surface area contributed by atoms with Crippen LogP contribution < -0.4 is 10.6 Å². The van der Waals surface area contributed by atoms with E-state index in [1.807, 2.05) is 43.0 Å². The Morgan fingerprint density at radius 2 is 1.44 bits per heavy atom. The largest absolute Gasteiger partial charge is 0.483 e. The summed E-state index contributed by atoms with van der Waals surface area (Å²) >= 11 is 0. The van der Waals surface area contributed by atoms with Crippen molar-refractivity contribution in [3.05, 3.63) is 97.2 Å². The van der Waals surface area contributed by atoms with Gasteiger partial charge in [-0.1, -0.05) is 82.6 Å². The second-order valence-corrected chi connectivity index (χ2v) is 17.4. The number of rotatable bonds is 14. The Kier molecular flexibility index (Phi) is 11.7. The molecule has 3 aromatic carbocycles. The average molecular weight is 827 g/mol. The fraction of sp³-hybridized carbons (Fsp3) is 0.438. The normalized spacial score (nSPS) is 20.2. The molecule has 5 atom stereocenters. The molecule has 2 saturated heterocycles. The first-order chi connectivity index (χ1) is 29.4. The highest BCUT2D eigenvalue weighted by atomic mass is 16.5. The first-order valence-electron chi connectivity index (χ1n) is 21.6. The molecule has 13 nitrogen and oxygen atoms in total. The fourth-order valence-corrected chi connectivity index (χ4v) is 9.36. The third kappa shape index (κ3) is 8.34. The zero-order valence-corrected chi connectivity index (χ0v) is 36.1. The van der Waals surface area contributed by atoms with E-state index >= 15 is 0 Å². The molecule has 3 aliphatic rings. The van der Waals surface area contributed by atoms with E-state index in [0.717, 1.165) is 94.7 Å². The molecule has 3 fully saturated rings. The molecular weight excluding hydrogens is 769 g/mol. The summed E-state index contributed by atoms with van der Waals surface area (Å²) in [6.45, 7) is 13.3. The van der Waals surface area contributed by atoms with Gasteiger partial charge >= 0.3 is 6.09 Å². The summed E-state index contributed by atoms with van der Waals surface area (Å²) in [4.78, 5) is 60.2. The van der Waals surface area contributed by atoms with E-state index < -0.39 is 18.2 Å². The number of carbonyl (C=O) groups excluding carboxylic acids is 3. The van der Waals surface area contributed by atoms with E-state index in [2.05, 4.69) is 94.8 Å². The lowest BCUT2D eigenvalue weighted by Crippen LogP contribution is -2.49. The van der Waals surface area contributed by atoms with E-state index in [0.29, 0.717) is 18.8 Å². The Labute approximate surface area is 357 Å². The van der Waals surface area contributed by atoms with E-state index in [1.165, 1.54) is 7.11 Å². The third-order valence-electron chi connectivity index (χ3n) is 13.2. The van der Waals surface area contributed by atoms with Crippen LogP contribution in [0, 0.1) is 17.3 Å². The summed E-state index contributed by atoms with van der Waals surface area (Å²) in [6, 6.07) is 20.0. The van der Waals surface area contributed by atoms with Gasteiger partial charge in [-0.05, 0) is 95.5 Å². The number of amides is 3. The third-order valence-corrected chi connectivity index (χ3v) is 13.2. The smallest absolute Gasteiger partial charge is 0.407 e. The van der Waals surface area contributed by atoms with Crippen LogP contribution in [0.4, 0.5) is 4.79 Å². The number of hydrogen-bond donors (Lipinski definition) is 4. The second-order valence-electron chi connectivity index (χ2n) is 17.4. The number of alkyl carbamates (subject to hydrolysis) is 1. The Hall–Kier alpha value is -6.11. The van der Waals surface area contributed by atoms with Gasteiger partial charge in [-0.15, -0.1) is 0 Å². The molecule has 0 bridgehead atoms. The molecular formula is C48H58N8O5. The van der Waals surface area contributed by atoms with Crippen LogP contribution in [-0.2, 0) is 19.1 Å². The van der Waals surface area contributed by atoms with Gasteiger partial charge in [0.05, 0.1) is 50.1 Å². The highest BCUT2D eigenvalue weighted by molar-refractivity contribution is 5.91. The molecule has 2 aliphatic heterocycles. The quantitative estimate of drug-likeness (QED) is 0.0812. The van der Waals surface area contributed by atoms with Crippen molar-refractivity contribution in [1.82, 2.24) is 40.4 Å². The number of fused-ring (bicyclic) bond motifs is 1. The van der Waals surface area contributed by atoms with Gasteiger partial charge in [-0.3, -0.25) is 9.59 Å². The standard InChI is InChI=1S/C48H58N8O5/c1-8-30-18-21-55(45(57)37(9-2)54-47(59)61-7)42(30)44-50-25-38(53-44)32-12-10-31(11-13-32)33-14-15-35-23-36(17-16-34(35)22-33)39-26-49-43(52-39)40-24-48(19-20-48)27-56(40)46(58)41(28(3)4)51-29(5)60-6/h10-17,22-23,25-26,28,30,37,40-42,51H,5,8-9,18-21,24,27H2,1-4,6-7H3,(H,49,52)(H,50,53)(H,54,59)/t30-,37+,40+,41?,42+/m1/s1. The number of imidazole rings is 2. The summed E-state index contributed by atoms with van der Waals surface area (Å²) in [6.07, 6.45) is 8.54. The minimum absolute atomic E-state index is 0.0516. The number of nitrogens with one attached hydrogen (secondary N) is 4. The van der Waals surface area contributed by atoms with Crippen LogP contribution >= 0.6 is 0 Å². The van der Waals surface area contributed by atoms with Crippen LogP contribution in [0.25, 0.3) is 44.4 Å². The van der Waals surface area contributed by atoms with Crippen molar-refractivity contribution >= 4 is 28.7 Å². The number of hydrogen-bond acceptors (Lipinski definition) is 8. The van der Waals surface area contributed by atoms with Crippen LogP contribution in [0.15, 0.2) is 85.5 Å². The van der Waals surface area contributed by atoms with Gasteiger partial charge in [-0.25, -0.2) is 14.8 Å². The number of carbonyl (C=O) groups is 3. The summed E-state index contributed by atoms with van der Waals surface area (Å²) < 4.78 is 10.0. The zero-order valence-electron chi connectivity index (χ0n) is 36.1. The number of aromatic nitrogens is 4. The maximum atomic E-state index is 14.0. The maximum absolute atomic E-state index is 14.0.